The molecule has 0 radical (unpaired) electrons. The number of halogens is 1. The van der Waals surface area contributed by atoms with E-state index in [2.05, 4.69) is 0 Å². The van der Waals surface area contributed by atoms with Crippen molar-refractivity contribution in [1.29, 1.82) is 0 Å². The lowest BCUT2D eigenvalue weighted by Gasteiger charge is -2.35. The number of hydrogen-bond donors (Lipinski definition) is 0. The third-order valence-electron chi connectivity index (χ3n) is 5.06. The molecule has 2 aromatic rings. The van der Waals surface area contributed by atoms with Gasteiger partial charge in [-0.3, -0.25) is 9.59 Å². The second kappa shape index (κ2) is 7.88. The van der Waals surface area contributed by atoms with Gasteiger partial charge in [-0.25, -0.2) is 4.39 Å². The molecule has 0 spiro atoms. The van der Waals surface area contributed by atoms with Gasteiger partial charge in [0.2, 0.25) is 12.7 Å². The van der Waals surface area contributed by atoms with Crippen LogP contribution < -0.4 is 9.47 Å². The van der Waals surface area contributed by atoms with Crippen LogP contribution in [0.15, 0.2) is 42.5 Å². The standard InChI is InChI=1S/C21H21FN2O4/c22-17-3-1-2-15(12-17)4-7-20(25)23-8-10-24(11-9-23)21(26)16-5-6-18-19(13-16)28-14-27-18/h1-3,5-6,12-13H,4,7-11,14H2. The van der Waals surface area contributed by atoms with Gasteiger partial charge in [-0.15, -0.1) is 0 Å². The highest BCUT2D eigenvalue weighted by Gasteiger charge is 2.26. The van der Waals surface area contributed by atoms with Crippen molar-refractivity contribution in [2.45, 2.75) is 12.8 Å². The van der Waals surface area contributed by atoms with E-state index in [-0.39, 0.29) is 24.4 Å². The summed E-state index contributed by atoms with van der Waals surface area (Å²) in [7, 11) is 0. The molecular formula is C21H21FN2O4. The first kappa shape index (κ1) is 18.3. The Hall–Kier alpha value is -3.09. The molecule has 0 saturated carbocycles. The molecule has 146 valence electrons. The summed E-state index contributed by atoms with van der Waals surface area (Å²) < 4.78 is 23.8. The molecule has 2 amide bonds. The molecule has 0 aliphatic carbocycles. The second-order valence-corrected chi connectivity index (χ2v) is 6.87. The fraction of sp³-hybridized carbons (Fsp3) is 0.333. The molecule has 2 aromatic carbocycles. The zero-order valence-corrected chi connectivity index (χ0v) is 15.4. The van der Waals surface area contributed by atoms with Crippen LogP contribution in [-0.2, 0) is 11.2 Å². The van der Waals surface area contributed by atoms with E-state index in [0.717, 1.165) is 5.56 Å². The minimum absolute atomic E-state index is 0.0273. The molecule has 28 heavy (non-hydrogen) atoms. The minimum atomic E-state index is -0.291. The molecular weight excluding hydrogens is 363 g/mol. The number of benzene rings is 2. The van der Waals surface area contributed by atoms with Gasteiger partial charge in [-0.05, 0) is 42.3 Å². The molecule has 0 unspecified atom stereocenters. The average molecular weight is 384 g/mol. The zero-order chi connectivity index (χ0) is 19.5. The predicted molar refractivity (Wildman–Crippen MR) is 99.8 cm³/mol. The van der Waals surface area contributed by atoms with Gasteiger partial charge in [0.1, 0.15) is 5.82 Å². The summed E-state index contributed by atoms with van der Waals surface area (Å²) in [6.07, 6.45) is 0.840. The van der Waals surface area contributed by atoms with Crippen molar-refractivity contribution in [3.8, 4) is 11.5 Å². The van der Waals surface area contributed by atoms with Crippen LogP contribution in [0.1, 0.15) is 22.3 Å². The quantitative estimate of drug-likeness (QED) is 0.813. The molecule has 0 N–H and O–H groups in total. The number of amides is 2. The summed E-state index contributed by atoms with van der Waals surface area (Å²) in [5.41, 5.74) is 1.36. The first-order chi connectivity index (χ1) is 13.6. The fourth-order valence-electron chi connectivity index (χ4n) is 3.47. The summed E-state index contributed by atoms with van der Waals surface area (Å²) in [4.78, 5) is 28.6. The van der Waals surface area contributed by atoms with Crippen LogP contribution in [0.2, 0.25) is 0 Å². The lowest BCUT2D eigenvalue weighted by Crippen LogP contribution is -2.50. The summed E-state index contributed by atoms with van der Waals surface area (Å²) in [5.74, 6) is 0.882. The zero-order valence-electron chi connectivity index (χ0n) is 15.4. The molecule has 0 bridgehead atoms. The molecule has 2 heterocycles. The van der Waals surface area contributed by atoms with Crippen molar-refractivity contribution in [3.05, 3.63) is 59.4 Å². The van der Waals surface area contributed by atoms with Gasteiger partial charge in [0.25, 0.3) is 5.91 Å². The van der Waals surface area contributed by atoms with Crippen LogP contribution in [0.25, 0.3) is 0 Å². The highest BCUT2D eigenvalue weighted by Crippen LogP contribution is 2.32. The van der Waals surface area contributed by atoms with E-state index in [1.165, 1.54) is 12.1 Å². The molecule has 2 aliphatic rings. The van der Waals surface area contributed by atoms with Crippen molar-refractivity contribution >= 4 is 11.8 Å². The van der Waals surface area contributed by atoms with E-state index in [1.54, 1.807) is 34.1 Å². The van der Waals surface area contributed by atoms with Crippen LogP contribution >= 0.6 is 0 Å². The summed E-state index contributed by atoms with van der Waals surface area (Å²) in [6.45, 7) is 2.14. The third kappa shape index (κ3) is 3.93. The van der Waals surface area contributed by atoms with Crippen LogP contribution in [0, 0.1) is 5.82 Å². The molecule has 7 heteroatoms. The molecule has 4 rings (SSSR count). The highest BCUT2D eigenvalue weighted by atomic mass is 19.1. The third-order valence-corrected chi connectivity index (χ3v) is 5.06. The topological polar surface area (TPSA) is 59.1 Å². The molecule has 0 aromatic heterocycles. The number of carbonyl (C=O) groups excluding carboxylic acids is 2. The second-order valence-electron chi connectivity index (χ2n) is 6.87. The van der Waals surface area contributed by atoms with E-state index >= 15 is 0 Å². The van der Waals surface area contributed by atoms with Crippen LogP contribution in [0.3, 0.4) is 0 Å². The van der Waals surface area contributed by atoms with Gasteiger partial charge in [0.05, 0.1) is 0 Å². The van der Waals surface area contributed by atoms with E-state index in [9.17, 15) is 14.0 Å². The van der Waals surface area contributed by atoms with Crippen molar-refractivity contribution in [1.82, 2.24) is 9.80 Å². The number of nitrogens with zero attached hydrogens (tertiary/aromatic N) is 2. The van der Waals surface area contributed by atoms with Gasteiger partial charge in [0, 0.05) is 38.2 Å². The number of fused-ring (bicyclic) bond motifs is 1. The van der Waals surface area contributed by atoms with Gasteiger partial charge >= 0.3 is 0 Å². The largest absolute Gasteiger partial charge is 0.454 e. The average Bonchev–Trinajstić information content (AvgIpc) is 3.19. The smallest absolute Gasteiger partial charge is 0.254 e. The molecule has 1 saturated heterocycles. The highest BCUT2D eigenvalue weighted by molar-refractivity contribution is 5.95. The van der Waals surface area contributed by atoms with Crippen molar-refractivity contribution < 1.29 is 23.5 Å². The van der Waals surface area contributed by atoms with E-state index < -0.39 is 0 Å². The number of rotatable bonds is 4. The maximum Gasteiger partial charge on any atom is 0.254 e. The first-order valence-electron chi connectivity index (χ1n) is 9.31. The Kier molecular flexibility index (Phi) is 5.14. The number of ether oxygens (including phenoxy) is 2. The number of hydrogen-bond acceptors (Lipinski definition) is 4. The number of aryl methyl sites for hydroxylation is 1. The van der Waals surface area contributed by atoms with Gasteiger partial charge in [-0.2, -0.15) is 0 Å². The number of piperazine rings is 1. The molecule has 2 aliphatic heterocycles. The van der Waals surface area contributed by atoms with Gasteiger partial charge < -0.3 is 19.3 Å². The number of carbonyl (C=O) groups is 2. The van der Waals surface area contributed by atoms with Crippen molar-refractivity contribution in [2.75, 3.05) is 33.0 Å². The Morgan fingerprint density at radius 2 is 1.68 bits per heavy atom. The Morgan fingerprint density at radius 1 is 0.929 bits per heavy atom. The first-order valence-corrected chi connectivity index (χ1v) is 9.31. The van der Waals surface area contributed by atoms with Crippen LogP contribution in [0.4, 0.5) is 4.39 Å². The monoisotopic (exact) mass is 384 g/mol. The van der Waals surface area contributed by atoms with Gasteiger partial charge in [0.15, 0.2) is 11.5 Å². The molecule has 1 fully saturated rings. The Balaban J connectivity index is 1.29. The van der Waals surface area contributed by atoms with Crippen LogP contribution in [0.5, 0.6) is 11.5 Å². The van der Waals surface area contributed by atoms with Crippen molar-refractivity contribution in [2.24, 2.45) is 0 Å². The lowest BCUT2D eigenvalue weighted by atomic mass is 10.1. The Labute approximate surface area is 162 Å². The van der Waals surface area contributed by atoms with Crippen LogP contribution in [-0.4, -0.2) is 54.6 Å². The summed E-state index contributed by atoms with van der Waals surface area (Å²) in [6, 6.07) is 11.5. The van der Waals surface area contributed by atoms with E-state index in [4.69, 9.17) is 9.47 Å². The minimum Gasteiger partial charge on any atom is -0.454 e. The van der Waals surface area contributed by atoms with E-state index in [0.29, 0.717) is 56.1 Å². The predicted octanol–water partition coefficient (Wildman–Crippen LogP) is 2.47. The summed E-state index contributed by atoms with van der Waals surface area (Å²) in [5, 5.41) is 0. The normalized spacial score (nSPS) is 15.6. The maximum atomic E-state index is 13.2. The fourth-order valence-corrected chi connectivity index (χ4v) is 3.47. The van der Waals surface area contributed by atoms with E-state index in [1.807, 2.05) is 6.07 Å². The SMILES string of the molecule is O=C(CCc1cccc(F)c1)N1CCN(C(=O)c2ccc3c(c2)OCO3)CC1. The van der Waals surface area contributed by atoms with Gasteiger partial charge in [-0.1, -0.05) is 12.1 Å². The molecule has 0 atom stereocenters. The summed E-state index contributed by atoms with van der Waals surface area (Å²) >= 11 is 0. The maximum absolute atomic E-state index is 13.2. The molecule has 6 nitrogen and oxygen atoms in total. The Morgan fingerprint density at radius 3 is 2.46 bits per heavy atom. The Bertz CT molecular complexity index is 894. The van der Waals surface area contributed by atoms with Crippen molar-refractivity contribution in [3.63, 3.8) is 0 Å². The lowest BCUT2D eigenvalue weighted by molar-refractivity contribution is -0.132.